The normalized spacial score (nSPS) is 20.1. The first-order valence-electron chi connectivity index (χ1n) is 6.69. The standard InChI is InChI=1S/C13H20N4O3S.HI/c1-14-13(17-11-4-6-21(18,19)9-11)16-8-10-3-5-15-12(7-10)20-2;/h3,5,7,11H,4,6,8-9H2,1-2H3,(H2,14,16,17);1H. The van der Waals surface area contributed by atoms with Gasteiger partial charge in [0.05, 0.1) is 18.6 Å². The van der Waals surface area contributed by atoms with Crippen LogP contribution >= 0.6 is 24.0 Å². The fourth-order valence-corrected chi connectivity index (χ4v) is 3.83. The third-order valence-electron chi connectivity index (χ3n) is 3.27. The summed E-state index contributed by atoms with van der Waals surface area (Å²) < 4.78 is 27.9. The van der Waals surface area contributed by atoms with Crippen LogP contribution in [0.5, 0.6) is 5.88 Å². The van der Waals surface area contributed by atoms with Crippen LogP contribution in [0.3, 0.4) is 0 Å². The molecule has 1 aromatic rings. The highest BCUT2D eigenvalue weighted by atomic mass is 127. The highest BCUT2D eigenvalue weighted by molar-refractivity contribution is 14.0. The first-order chi connectivity index (χ1) is 10.0. The predicted molar refractivity (Wildman–Crippen MR) is 96.6 cm³/mol. The van der Waals surface area contributed by atoms with Crippen LogP contribution in [-0.2, 0) is 16.4 Å². The minimum Gasteiger partial charge on any atom is -0.481 e. The molecule has 124 valence electrons. The first-order valence-corrected chi connectivity index (χ1v) is 8.51. The lowest BCUT2D eigenvalue weighted by molar-refractivity contribution is 0.397. The number of hydrogen-bond donors (Lipinski definition) is 2. The maximum Gasteiger partial charge on any atom is 0.213 e. The second-order valence-electron chi connectivity index (χ2n) is 4.88. The number of aromatic nitrogens is 1. The van der Waals surface area contributed by atoms with Crippen molar-refractivity contribution in [3.8, 4) is 5.88 Å². The Balaban J connectivity index is 0.00000242. The van der Waals surface area contributed by atoms with Crippen molar-refractivity contribution in [1.82, 2.24) is 15.6 Å². The fraction of sp³-hybridized carbons (Fsp3) is 0.538. The quantitative estimate of drug-likeness (QED) is 0.404. The van der Waals surface area contributed by atoms with Gasteiger partial charge in [0.15, 0.2) is 15.8 Å². The number of sulfone groups is 1. The molecule has 0 bridgehead atoms. The molecule has 2 rings (SSSR count). The molecule has 1 fully saturated rings. The number of nitrogens with one attached hydrogen (secondary N) is 2. The van der Waals surface area contributed by atoms with Crippen LogP contribution in [0.1, 0.15) is 12.0 Å². The third-order valence-corrected chi connectivity index (χ3v) is 5.03. The van der Waals surface area contributed by atoms with Gasteiger partial charge in [-0.1, -0.05) is 0 Å². The molecule has 22 heavy (non-hydrogen) atoms. The van der Waals surface area contributed by atoms with Crippen molar-refractivity contribution in [1.29, 1.82) is 0 Å². The van der Waals surface area contributed by atoms with Crippen molar-refractivity contribution in [3.63, 3.8) is 0 Å². The molecule has 9 heteroatoms. The molecule has 7 nitrogen and oxygen atoms in total. The van der Waals surface area contributed by atoms with Crippen LogP contribution in [0.25, 0.3) is 0 Å². The Bertz CT molecular complexity index is 621. The monoisotopic (exact) mass is 440 g/mol. The molecule has 0 radical (unpaired) electrons. The Labute approximate surface area is 147 Å². The Kier molecular flexibility index (Phi) is 7.33. The molecule has 1 aliphatic heterocycles. The largest absolute Gasteiger partial charge is 0.481 e. The molecular weight excluding hydrogens is 419 g/mol. The van der Waals surface area contributed by atoms with Crippen LogP contribution in [0.2, 0.25) is 0 Å². The molecule has 0 aromatic carbocycles. The van der Waals surface area contributed by atoms with Gasteiger partial charge < -0.3 is 15.4 Å². The molecule has 0 aliphatic carbocycles. The highest BCUT2D eigenvalue weighted by Gasteiger charge is 2.28. The first kappa shape index (κ1) is 18.9. The molecule has 1 atom stereocenters. The Hall–Kier alpha value is -1.10. The zero-order chi connectivity index (χ0) is 15.3. The summed E-state index contributed by atoms with van der Waals surface area (Å²) in [4.78, 5) is 8.15. The lowest BCUT2D eigenvalue weighted by Crippen LogP contribution is -2.43. The second kappa shape index (κ2) is 8.51. The summed E-state index contributed by atoms with van der Waals surface area (Å²) in [6.45, 7) is 0.554. The van der Waals surface area contributed by atoms with Gasteiger partial charge in [0.2, 0.25) is 5.88 Å². The zero-order valence-electron chi connectivity index (χ0n) is 12.6. The third kappa shape index (κ3) is 5.59. The van der Waals surface area contributed by atoms with Crippen LogP contribution in [0.15, 0.2) is 23.3 Å². The van der Waals surface area contributed by atoms with Crippen LogP contribution in [0.4, 0.5) is 0 Å². The number of nitrogens with zero attached hydrogens (tertiary/aromatic N) is 2. The SMILES string of the molecule is CN=C(NCc1ccnc(OC)c1)NC1CCS(=O)(=O)C1.I. The van der Waals surface area contributed by atoms with E-state index in [1.165, 1.54) is 0 Å². The molecular formula is C13H21IN4O3S. The van der Waals surface area contributed by atoms with Gasteiger partial charge in [-0.05, 0) is 18.1 Å². The zero-order valence-corrected chi connectivity index (χ0v) is 15.7. The van der Waals surface area contributed by atoms with Crippen LogP contribution in [-0.4, -0.2) is 51.1 Å². The average Bonchev–Trinajstić information content (AvgIpc) is 2.82. The van der Waals surface area contributed by atoms with E-state index >= 15 is 0 Å². The van der Waals surface area contributed by atoms with Crippen molar-refractivity contribution >= 4 is 39.8 Å². The number of halogens is 1. The number of guanidine groups is 1. The van der Waals surface area contributed by atoms with E-state index in [1.54, 1.807) is 20.4 Å². The maximum absolute atomic E-state index is 11.4. The topological polar surface area (TPSA) is 92.7 Å². The van der Waals surface area contributed by atoms with Crippen molar-refractivity contribution in [2.24, 2.45) is 4.99 Å². The number of aliphatic imine (C=N–C) groups is 1. The smallest absolute Gasteiger partial charge is 0.213 e. The van der Waals surface area contributed by atoms with Gasteiger partial charge in [-0.15, -0.1) is 24.0 Å². The minimum absolute atomic E-state index is 0. The van der Waals surface area contributed by atoms with Gasteiger partial charge in [0, 0.05) is 31.9 Å². The molecule has 1 unspecified atom stereocenters. The summed E-state index contributed by atoms with van der Waals surface area (Å²) in [6.07, 6.45) is 2.29. The Morgan fingerprint density at radius 3 is 2.91 bits per heavy atom. The van der Waals surface area contributed by atoms with E-state index in [2.05, 4.69) is 20.6 Å². The van der Waals surface area contributed by atoms with Crippen LogP contribution < -0.4 is 15.4 Å². The number of methoxy groups -OCH3 is 1. The van der Waals surface area contributed by atoms with E-state index in [1.807, 2.05) is 12.1 Å². The summed E-state index contributed by atoms with van der Waals surface area (Å²) >= 11 is 0. The van der Waals surface area contributed by atoms with Crippen LogP contribution in [0, 0.1) is 0 Å². The van der Waals surface area contributed by atoms with E-state index < -0.39 is 9.84 Å². The summed E-state index contributed by atoms with van der Waals surface area (Å²) in [7, 11) is 0.333. The van der Waals surface area contributed by atoms with Crippen molar-refractivity contribution < 1.29 is 13.2 Å². The molecule has 0 spiro atoms. The second-order valence-corrected chi connectivity index (χ2v) is 7.11. The molecule has 2 heterocycles. The predicted octanol–water partition coefficient (Wildman–Crippen LogP) is 0.560. The van der Waals surface area contributed by atoms with Crippen molar-refractivity contribution in [2.75, 3.05) is 25.7 Å². The van der Waals surface area contributed by atoms with E-state index in [4.69, 9.17) is 4.74 Å². The van der Waals surface area contributed by atoms with Crippen molar-refractivity contribution in [2.45, 2.75) is 19.0 Å². The molecule has 1 aromatic heterocycles. The molecule has 1 saturated heterocycles. The van der Waals surface area contributed by atoms with E-state index in [-0.39, 0.29) is 41.5 Å². The highest BCUT2D eigenvalue weighted by Crippen LogP contribution is 2.11. The number of rotatable bonds is 4. The molecule has 1 aliphatic rings. The van der Waals surface area contributed by atoms with Gasteiger partial charge >= 0.3 is 0 Å². The Morgan fingerprint density at radius 2 is 2.32 bits per heavy atom. The number of pyridine rings is 1. The summed E-state index contributed by atoms with van der Waals surface area (Å²) in [5.74, 6) is 1.55. The lowest BCUT2D eigenvalue weighted by Gasteiger charge is -2.16. The van der Waals surface area contributed by atoms with Gasteiger partial charge in [-0.2, -0.15) is 0 Å². The molecule has 0 saturated carbocycles. The number of hydrogen-bond acceptors (Lipinski definition) is 5. The van der Waals surface area contributed by atoms with Gasteiger partial charge in [-0.25, -0.2) is 13.4 Å². The summed E-state index contributed by atoms with van der Waals surface area (Å²) in [5, 5.41) is 6.28. The summed E-state index contributed by atoms with van der Waals surface area (Å²) in [6, 6.07) is 3.64. The molecule has 2 N–H and O–H groups in total. The minimum atomic E-state index is -2.90. The van der Waals surface area contributed by atoms with Crippen molar-refractivity contribution in [3.05, 3.63) is 23.9 Å². The van der Waals surface area contributed by atoms with Gasteiger partial charge in [0.25, 0.3) is 0 Å². The van der Waals surface area contributed by atoms with E-state index in [9.17, 15) is 8.42 Å². The van der Waals surface area contributed by atoms with Gasteiger partial charge in [0.1, 0.15) is 0 Å². The van der Waals surface area contributed by atoms with Gasteiger partial charge in [-0.3, -0.25) is 4.99 Å². The molecule has 0 amide bonds. The fourth-order valence-electron chi connectivity index (χ4n) is 2.15. The van der Waals surface area contributed by atoms with E-state index in [0.717, 1.165) is 5.56 Å². The Morgan fingerprint density at radius 1 is 1.55 bits per heavy atom. The maximum atomic E-state index is 11.4. The van der Waals surface area contributed by atoms with E-state index in [0.29, 0.717) is 24.8 Å². The summed E-state index contributed by atoms with van der Waals surface area (Å²) in [5.41, 5.74) is 1.00. The average molecular weight is 440 g/mol. The lowest BCUT2D eigenvalue weighted by atomic mass is 10.2. The number of ether oxygens (including phenoxy) is 1.